The van der Waals surface area contributed by atoms with Gasteiger partial charge in [0.25, 0.3) is 0 Å². The summed E-state index contributed by atoms with van der Waals surface area (Å²) in [5.41, 5.74) is -0.794. The van der Waals surface area contributed by atoms with Crippen LogP contribution in [-0.4, -0.2) is 43.5 Å². The molecule has 2 aromatic heterocycles. The third-order valence-electron chi connectivity index (χ3n) is 4.42. The van der Waals surface area contributed by atoms with Gasteiger partial charge in [0.05, 0.1) is 12.9 Å². The fourth-order valence-corrected chi connectivity index (χ4v) is 3.21. The van der Waals surface area contributed by atoms with Gasteiger partial charge in [0.15, 0.2) is 0 Å². The van der Waals surface area contributed by atoms with Gasteiger partial charge in [-0.15, -0.1) is 0 Å². The lowest BCUT2D eigenvalue weighted by Crippen LogP contribution is -2.46. The number of carbonyl (C=O) groups excluding carboxylic acids is 1. The first-order chi connectivity index (χ1) is 12.8. The Morgan fingerprint density at radius 1 is 1.37 bits per heavy atom. The summed E-state index contributed by atoms with van der Waals surface area (Å²) >= 11 is 0. The summed E-state index contributed by atoms with van der Waals surface area (Å²) in [6.45, 7) is 3.31. The minimum Gasteiger partial charge on any atom is -0.337 e. The predicted molar refractivity (Wildman–Crippen MR) is 90.5 cm³/mol. The molecule has 3 rings (SSSR count). The van der Waals surface area contributed by atoms with Crippen LogP contribution in [0.3, 0.4) is 0 Å². The van der Waals surface area contributed by atoms with Crippen LogP contribution in [0.2, 0.25) is 0 Å². The Morgan fingerprint density at radius 3 is 2.89 bits per heavy atom. The van der Waals surface area contributed by atoms with Gasteiger partial charge in [0, 0.05) is 37.7 Å². The van der Waals surface area contributed by atoms with Gasteiger partial charge in [0.2, 0.25) is 0 Å². The molecule has 1 saturated heterocycles. The summed E-state index contributed by atoms with van der Waals surface area (Å²) < 4.78 is 40.5. The van der Waals surface area contributed by atoms with Crippen molar-refractivity contribution >= 4 is 6.03 Å². The van der Waals surface area contributed by atoms with Crippen molar-refractivity contribution < 1.29 is 18.0 Å². The molecule has 27 heavy (non-hydrogen) atoms. The topological polar surface area (TPSA) is 75.9 Å². The number of nitrogens with zero attached hydrogens (tertiary/aromatic N) is 5. The standard InChI is InChI=1S/C17H21F3N6O/c1-12-7-14(17(18,19)20)24-15(23-12)8-22-16(27)26-5-2-3-13(10-26)9-25-6-4-21-11-25/h4,6-7,11,13H,2-3,5,8-10H2,1H3,(H,22,27)/t13-/m1/s1. The fraction of sp³-hybridized carbons (Fsp3) is 0.529. The summed E-state index contributed by atoms with van der Waals surface area (Å²) in [5.74, 6) is 0.258. The zero-order chi connectivity index (χ0) is 19.4. The van der Waals surface area contributed by atoms with E-state index in [0.29, 0.717) is 19.0 Å². The van der Waals surface area contributed by atoms with Crippen molar-refractivity contribution in [1.82, 2.24) is 29.7 Å². The average Bonchev–Trinajstić information content (AvgIpc) is 3.11. The van der Waals surface area contributed by atoms with Gasteiger partial charge < -0.3 is 14.8 Å². The van der Waals surface area contributed by atoms with Crippen molar-refractivity contribution in [3.05, 3.63) is 42.0 Å². The van der Waals surface area contributed by atoms with Gasteiger partial charge in [-0.25, -0.2) is 19.7 Å². The number of alkyl halides is 3. The summed E-state index contributed by atoms with van der Waals surface area (Å²) in [6.07, 6.45) is 2.69. The van der Waals surface area contributed by atoms with Crippen LogP contribution in [0.25, 0.3) is 0 Å². The Labute approximate surface area is 154 Å². The molecule has 1 fully saturated rings. The molecule has 7 nitrogen and oxygen atoms in total. The number of hydrogen-bond acceptors (Lipinski definition) is 4. The van der Waals surface area contributed by atoms with Gasteiger partial charge in [-0.05, 0) is 31.7 Å². The first-order valence-electron chi connectivity index (χ1n) is 8.71. The Morgan fingerprint density at radius 2 is 2.19 bits per heavy atom. The zero-order valence-electron chi connectivity index (χ0n) is 14.9. The number of halogens is 3. The molecule has 0 saturated carbocycles. The zero-order valence-corrected chi connectivity index (χ0v) is 14.9. The van der Waals surface area contributed by atoms with Crippen LogP contribution in [0.4, 0.5) is 18.0 Å². The van der Waals surface area contributed by atoms with E-state index in [1.54, 1.807) is 17.4 Å². The van der Waals surface area contributed by atoms with Gasteiger partial charge in [-0.3, -0.25) is 0 Å². The second kappa shape index (κ2) is 7.93. The quantitative estimate of drug-likeness (QED) is 0.882. The highest BCUT2D eigenvalue weighted by molar-refractivity contribution is 5.74. The molecule has 0 aromatic carbocycles. The molecule has 146 valence electrons. The minimum absolute atomic E-state index is 0.0531. The number of rotatable bonds is 4. The third-order valence-corrected chi connectivity index (χ3v) is 4.42. The minimum atomic E-state index is -4.54. The molecule has 3 heterocycles. The van der Waals surface area contributed by atoms with E-state index in [4.69, 9.17) is 0 Å². The first kappa shape index (κ1) is 19.1. The number of nitrogens with one attached hydrogen (secondary N) is 1. The van der Waals surface area contributed by atoms with Gasteiger partial charge in [-0.2, -0.15) is 13.2 Å². The molecule has 10 heteroatoms. The van der Waals surface area contributed by atoms with E-state index in [-0.39, 0.29) is 24.1 Å². The summed E-state index contributed by atoms with van der Waals surface area (Å²) in [6, 6.07) is 0.570. The largest absolute Gasteiger partial charge is 0.433 e. The van der Waals surface area contributed by atoms with Crippen molar-refractivity contribution in [2.75, 3.05) is 13.1 Å². The average molecular weight is 382 g/mol. The highest BCUT2D eigenvalue weighted by Crippen LogP contribution is 2.27. The van der Waals surface area contributed by atoms with Gasteiger partial charge in [-0.1, -0.05) is 0 Å². The van der Waals surface area contributed by atoms with Crippen molar-refractivity contribution in [3.63, 3.8) is 0 Å². The molecule has 1 aliphatic heterocycles. The van der Waals surface area contributed by atoms with E-state index in [1.165, 1.54) is 6.92 Å². The Balaban J connectivity index is 1.56. The molecule has 2 amide bonds. The predicted octanol–water partition coefficient (Wildman–Crippen LogP) is 2.62. The van der Waals surface area contributed by atoms with Crippen molar-refractivity contribution in [2.24, 2.45) is 5.92 Å². The summed E-state index contributed by atoms with van der Waals surface area (Å²) in [5, 5.41) is 2.63. The number of likely N-dealkylation sites (tertiary alicyclic amines) is 1. The molecular weight excluding hydrogens is 361 g/mol. The monoisotopic (exact) mass is 382 g/mol. The molecule has 0 bridgehead atoms. The van der Waals surface area contributed by atoms with Crippen LogP contribution < -0.4 is 5.32 Å². The summed E-state index contributed by atoms with van der Waals surface area (Å²) in [4.78, 5) is 25.6. The number of carbonyl (C=O) groups is 1. The number of amides is 2. The van der Waals surface area contributed by atoms with E-state index in [2.05, 4.69) is 20.3 Å². The van der Waals surface area contributed by atoms with E-state index < -0.39 is 11.9 Å². The number of imidazole rings is 1. The van der Waals surface area contributed by atoms with Crippen LogP contribution >= 0.6 is 0 Å². The van der Waals surface area contributed by atoms with Gasteiger partial charge >= 0.3 is 12.2 Å². The van der Waals surface area contributed by atoms with Crippen molar-refractivity contribution in [3.8, 4) is 0 Å². The lowest BCUT2D eigenvalue weighted by atomic mass is 9.98. The highest BCUT2D eigenvalue weighted by Gasteiger charge is 2.33. The molecular formula is C17H21F3N6O. The smallest absolute Gasteiger partial charge is 0.337 e. The number of urea groups is 1. The lowest BCUT2D eigenvalue weighted by Gasteiger charge is -2.32. The Kier molecular flexibility index (Phi) is 5.62. The van der Waals surface area contributed by atoms with Crippen LogP contribution in [0.15, 0.2) is 24.8 Å². The van der Waals surface area contributed by atoms with Crippen LogP contribution in [0.1, 0.15) is 30.1 Å². The Bertz CT molecular complexity index is 777. The molecule has 0 aliphatic carbocycles. The molecule has 1 atom stereocenters. The SMILES string of the molecule is Cc1cc(C(F)(F)F)nc(CNC(=O)N2CCC[C@H](Cn3ccnc3)C2)n1. The van der Waals surface area contributed by atoms with E-state index in [9.17, 15) is 18.0 Å². The first-order valence-corrected chi connectivity index (χ1v) is 8.71. The normalized spacial score (nSPS) is 17.8. The fourth-order valence-electron chi connectivity index (χ4n) is 3.21. The molecule has 0 radical (unpaired) electrons. The molecule has 1 N–H and O–H groups in total. The maximum absolute atomic E-state index is 12.8. The van der Waals surface area contributed by atoms with Crippen molar-refractivity contribution in [2.45, 2.75) is 39.0 Å². The second-order valence-electron chi connectivity index (χ2n) is 6.68. The van der Waals surface area contributed by atoms with Crippen LogP contribution in [0.5, 0.6) is 0 Å². The molecule has 0 unspecified atom stereocenters. The van der Waals surface area contributed by atoms with E-state index >= 15 is 0 Å². The Hall–Kier alpha value is -2.65. The highest BCUT2D eigenvalue weighted by atomic mass is 19.4. The van der Waals surface area contributed by atoms with Gasteiger partial charge in [0.1, 0.15) is 11.5 Å². The maximum Gasteiger partial charge on any atom is 0.433 e. The van der Waals surface area contributed by atoms with Crippen LogP contribution in [-0.2, 0) is 19.3 Å². The van der Waals surface area contributed by atoms with E-state index in [0.717, 1.165) is 25.5 Å². The maximum atomic E-state index is 12.8. The van der Waals surface area contributed by atoms with E-state index in [1.807, 2.05) is 10.8 Å². The second-order valence-corrected chi connectivity index (χ2v) is 6.68. The number of hydrogen-bond donors (Lipinski definition) is 1. The van der Waals surface area contributed by atoms with Crippen LogP contribution in [0, 0.1) is 12.8 Å². The number of piperidine rings is 1. The lowest BCUT2D eigenvalue weighted by molar-refractivity contribution is -0.141. The molecule has 2 aromatic rings. The molecule has 0 spiro atoms. The third kappa shape index (κ3) is 5.18. The number of aromatic nitrogens is 4. The number of aryl methyl sites for hydroxylation is 1. The molecule has 1 aliphatic rings. The van der Waals surface area contributed by atoms with Crippen molar-refractivity contribution in [1.29, 1.82) is 0 Å². The summed E-state index contributed by atoms with van der Waals surface area (Å²) in [7, 11) is 0.